The van der Waals surface area contributed by atoms with E-state index >= 15 is 0 Å². The normalized spacial score (nSPS) is 12.9. The molecule has 1 atom stereocenters. The first-order valence-corrected chi connectivity index (χ1v) is 11.0. The highest BCUT2D eigenvalue weighted by molar-refractivity contribution is 4.83. The monoisotopic (exact) mass is 323 g/mol. The third-order valence-corrected chi connectivity index (χ3v) is 5.48. The molecule has 139 valence electrons. The minimum absolute atomic E-state index is 0.835. The van der Waals surface area contributed by atoms with Crippen LogP contribution in [0.3, 0.4) is 0 Å². The Bertz CT molecular complexity index is 206. The Morgan fingerprint density at radius 3 is 1.13 bits per heavy atom. The predicted molar refractivity (Wildman–Crippen MR) is 108 cm³/mol. The molecule has 0 heteroatoms. The van der Waals surface area contributed by atoms with Crippen LogP contribution in [0.25, 0.3) is 0 Å². The van der Waals surface area contributed by atoms with Gasteiger partial charge in [-0.2, -0.15) is 0 Å². The van der Waals surface area contributed by atoms with E-state index in [1.807, 2.05) is 0 Å². The summed E-state index contributed by atoms with van der Waals surface area (Å²) in [5.74, 6) is 2.44. The van der Waals surface area contributed by atoms with E-state index in [4.69, 9.17) is 0 Å². The van der Waals surface area contributed by atoms with Gasteiger partial charge in [0.05, 0.1) is 0 Å². The fourth-order valence-corrected chi connectivity index (χ4v) is 3.29. The van der Waals surface area contributed by atoms with E-state index in [0.29, 0.717) is 0 Å². The predicted octanol–water partition coefficient (Wildman–Crippen LogP) is 8.89. The summed E-state index contributed by atoms with van der Waals surface area (Å²) in [6, 6.07) is 0. The van der Waals surface area contributed by atoms with E-state index in [2.05, 4.69) is 27.7 Å². The van der Waals surface area contributed by atoms with Gasteiger partial charge >= 0.3 is 0 Å². The first-order valence-electron chi connectivity index (χ1n) is 11.0. The Labute approximate surface area is 149 Å². The second-order valence-corrected chi connectivity index (χ2v) is 8.07. The molecule has 0 saturated heterocycles. The van der Waals surface area contributed by atoms with E-state index in [1.54, 1.807) is 5.92 Å². The van der Waals surface area contributed by atoms with E-state index in [9.17, 15) is 0 Å². The molecule has 0 amide bonds. The SMILES string of the molecule is CCCCCCCCCCCCCCCCCCC(C)[C](C)C. The maximum atomic E-state index is 2.38. The molecule has 0 spiro atoms. The summed E-state index contributed by atoms with van der Waals surface area (Å²) in [4.78, 5) is 0. The van der Waals surface area contributed by atoms with E-state index in [0.717, 1.165) is 5.92 Å². The van der Waals surface area contributed by atoms with Crippen molar-refractivity contribution >= 4 is 0 Å². The molecule has 1 radical (unpaired) electrons. The fourth-order valence-electron chi connectivity index (χ4n) is 3.29. The Morgan fingerprint density at radius 1 is 0.522 bits per heavy atom. The Balaban J connectivity index is 3.03. The quantitative estimate of drug-likeness (QED) is 0.221. The van der Waals surface area contributed by atoms with Crippen LogP contribution >= 0.6 is 0 Å². The molecular formula is C23H47. The average Bonchev–Trinajstić information content (AvgIpc) is 2.54. The largest absolute Gasteiger partial charge is 0.0654 e. The summed E-state index contributed by atoms with van der Waals surface area (Å²) in [6.45, 7) is 9.22. The van der Waals surface area contributed by atoms with E-state index in [-0.39, 0.29) is 0 Å². The molecule has 0 fully saturated rings. The molecule has 0 aromatic heterocycles. The van der Waals surface area contributed by atoms with Gasteiger partial charge in [0.25, 0.3) is 0 Å². The summed E-state index contributed by atoms with van der Waals surface area (Å²) < 4.78 is 0. The van der Waals surface area contributed by atoms with Crippen molar-refractivity contribution in [1.29, 1.82) is 0 Å². The fraction of sp³-hybridized carbons (Fsp3) is 0.957. The highest BCUT2D eigenvalue weighted by atomic mass is 14.1. The molecule has 0 aromatic rings. The van der Waals surface area contributed by atoms with Gasteiger partial charge in [-0.25, -0.2) is 0 Å². The van der Waals surface area contributed by atoms with Crippen LogP contribution in [0.15, 0.2) is 0 Å². The van der Waals surface area contributed by atoms with Gasteiger partial charge in [-0.3, -0.25) is 0 Å². The molecule has 0 aromatic carbocycles. The van der Waals surface area contributed by atoms with Crippen LogP contribution in [0.5, 0.6) is 0 Å². The van der Waals surface area contributed by atoms with Gasteiger partial charge in [0, 0.05) is 0 Å². The zero-order chi connectivity index (χ0) is 17.2. The van der Waals surface area contributed by atoms with Crippen LogP contribution < -0.4 is 0 Å². The molecule has 0 aliphatic carbocycles. The van der Waals surface area contributed by atoms with Crippen molar-refractivity contribution in [2.75, 3.05) is 0 Å². The van der Waals surface area contributed by atoms with E-state index < -0.39 is 0 Å². The van der Waals surface area contributed by atoms with Crippen LogP contribution in [0, 0.1) is 11.8 Å². The lowest BCUT2D eigenvalue weighted by molar-refractivity contribution is 0.489. The maximum Gasteiger partial charge on any atom is -0.0275 e. The number of unbranched alkanes of at least 4 members (excludes halogenated alkanes) is 15. The molecular weight excluding hydrogens is 276 g/mol. The number of rotatable bonds is 18. The molecule has 0 rings (SSSR count). The molecule has 0 nitrogen and oxygen atoms in total. The smallest absolute Gasteiger partial charge is 0.0275 e. The minimum atomic E-state index is 0.835. The maximum absolute atomic E-state index is 2.38. The van der Waals surface area contributed by atoms with Gasteiger partial charge in [0.15, 0.2) is 0 Å². The zero-order valence-electron chi connectivity index (χ0n) is 17.1. The molecule has 0 saturated carbocycles. The second kappa shape index (κ2) is 18.3. The lowest BCUT2D eigenvalue weighted by Gasteiger charge is -2.14. The van der Waals surface area contributed by atoms with Gasteiger partial charge in [-0.15, -0.1) is 0 Å². The van der Waals surface area contributed by atoms with Crippen LogP contribution in [0.4, 0.5) is 0 Å². The topological polar surface area (TPSA) is 0 Å². The standard InChI is InChI=1S/C23H47/c1-5-6-7-8-9-10-11-12-13-14-15-16-17-18-19-20-21-23(4)22(2)3/h23H,5-21H2,1-4H3. The first-order chi connectivity index (χ1) is 11.2. The molecule has 0 heterocycles. The van der Waals surface area contributed by atoms with Crippen molar-refractivity contribution < 1.29 is 0 Å². The van der Waals surface area contributed by atoms with Crippen molar-refractivity contribution in [2.24, 2.45) is 5.92 Å². The Morgan fingerprint density at radius 2 is 0.826 bits per heavy atom. The van der Waals surface area contributed by atoms with Crippen molar-refractivity contribution in [3.05, 3.63) is 5.92 Å². The molecule has 0 aliphatic heterocycles. The summed E-state index contributed by atoms with van der Waals surface area (Å²) in [5, 5.41) is 0. The summed E-state index contributed by atoms with van der Waals surface area (Å²) in [7, 11) is 0. The average molecular weight is 324 g/mol. The number of hydrogen-bond donors (Lipinski definition) is 0. The lowest BCUT2D eigenvalue weighted by Crippen LogP contribution is -2.01. The zero-order valence-corrected chi connectivity index (χ0v) is 17.1. The summed E-state index contributed by atoms with van der Waals surface area (Å²) >= 11 is 0. The molecule has 0 N–H and O–H groups in total. The van der Waals surface area contributed by atoms with Crippen molar-refractivity contribution in [1.82, 2.24) is 0 Å². The highest BCUT2D eigenvalue weighted by Gasteiger charge is 2.06. The number of hydrogen-bond acceptors (Lipinski definition) is 0. The van der Waals surface area contributed by atoms with Gasteiger partial charge in [0.1, 0.15) is 0 Å². The molecule has 1 unspecified atom stereocenters. The Kier molecular flexibility index (Phi) is 18.3. The first kappa shape index (κ1) is 23.0. The van der Waals surface area contributed by atoms with Gasteiger partial charge in [0.2, 0.25) is 0 Å². The van der Waals surface area contributed by atoms with Gasteiger partial charge < -0.3 is 0 Å². The third-order valence-electron chi connectivity index (χ3n) is 5.48. The lowest BCUT2D eigenvalue weighted by atomic mass is 9.92. The summed E-state index contributed by atoms with van der Waals surface area (Å²) in [6.07, 6.45) is 24.8. The van der Waals surface area contributed by atoms with Crippen LogP contribution in [-0.4, -0.2) is 0 Å². The van der Waals surface area contributed by atoms with Crippen molar-refractivity contribution in [2.45, 2.75) is 137 Å². The van der Waals surface area contributed by atoms with Crippen LogP contribution in [-0.2, 0) is 0 Å². The van der Waals surface area contributed by atoms with Gasteiger partial charge in [-0.05, 0) is 11.8 Å². The van der Waals surface area contributed by atoms with Crippen molar-refractivity contribution in [3.63, 3.8) is 0 Å². The van der Waals surface area contributed by atoms with Gasteiger partial charge in [-0.1, -0.05) is 137 Å². The third kappa shape index (κ3) is 18.2. The van der Waals surface area contributed by atoms with E-state index in [1.165, 1.54) is 109 Å². The minimum Gasteiger partial charge on any atom is -0.0654 e. The molecule has 0 bridgehead atoms. The van der Waals surface area contributed by atoms with Crippen molar-refractivity contribution in [3.8, 4) is 0 Å². The second-order valence-electron chi connectivity index (χ2n) is 8.07. The van der Waals surface area contributed by atoms with Crippen LogP contribution in [0.2, 0.25) is 0 Å². The molecule has 23 heavy (non-hydrogen) atoms. The molecule has 0 aliphatic rings. The Hall–Kier alpha value is 0. The highest BCUT2D eigenvalue weighted by Crippen LogP contribution is 2.20. The summed E-state index contributed by atoms with van der Waals surface area (Å²) in [5.41, 5.74) is 0. The van der Waals surface area contributed by atoms with Crippen LogP contribution in [0.1, 0.15) is 137 Å².